The zero-order chi connectivity index (χ0) is 9.80. The summed E-state index contributed by atoms with van der Waals surface area (Å²) in [4.78, 5) is 8.04. The molecule has 0 radical (unpaired) electrons. The fraction of sp³-hybridized carbons (Fsp3) is 0.200. The zero-order valence-corrected chi connectivity index (χ0v) is 7.68. The van der Waals surface area contributed by atoms with Crippen LogP contribution in [-0.4, -0.2) is 24.0 Å². The summed E-state index contributed by atoms with van der Waals surface area (Å²) in [7, 11) is 0. The van der Waals surface area contributed by atoms with Gasteiger partial charge in [-0.3, -0.25) is 4.98 Å². The Morgan fingerprint density at radius 2 is 2.21 bits per heavy atom. The largest absolute Gasteiger partial charge is 0.476 e. The number of rotatable bonds is 2. The Labute approximate surface area is 82.1 Å². The Hall–Kier alpha value is -1.84. The first-order valence-electron chi connectivity index (χ1n) is 4.41. The first-order chi connectivity index (χ1) is 6.86. The van der Waals surface area contributed by atoms with E-state index in [2.05, 4.69) is 9.98 Å². The predicted molar refractivity (Wildman–Crippen MR) is 54.7 cm³/mol. The highest BCUT2D eigenvalue weighted by Crippen LogP contribution is 2.08. The molecule has 0 spiro atoms. The summed E-state index contributed by atoms with van der Waals surface area (Å²) in [5.74, 6) is 0.610. The molecule has 2 heterocycles. The van der Waals surface area contributed by atoms with E-state index in [-0.39, 0.29) is 0 Å². The van der Waals surface area contributed by atoms with Gasteiger partial charge in [-0.25, -0.2) is 4.99 Å². The van der Waals surface area contributed by atoms with Gasteiger partial charge < -0.3 is 10.5 Å². The molecule has 1 aliphatic heterocycles. The molecule has 1 aromatic rings. The average Bonchev–Trinajstić information content (AvgIpc) is 2.72. The van der Waals surface area contributed by atoms with Crippen LogP contribution < -0.4 is 5.73 Å². The van der Waals surface area contributed by atoms with Gasteiger partial charge in [-0.05, 0) is 12.1 Å². The minimum Gasteiger partial charge on any atom is -0.476 e. The van der Waals surface area contributed by atoms with E-state index >= 15 is 0 Å². The highest BCUT2D eigenvalue weighted by Gasteiger charge is 2.05. The Balaban J connectivity index is 2.19. The van der Waals surface area contributed by atoms with Gasteiger partial charge in [-0.2, -0.15) is 0 Å². The maximum Gasteiger partial charge on any atom is 0.210 e. The van der Waals surface area contributed by atoms with Crippen molar-refractivity contribution in [2.45, 2.75) is 0 Å². The van der Waals surface area contributed by atoms with Crippen LogP contribution in [0, 0.1) is 0 Å². The van der Waals surface area contributed by atoms with Crippen molar-refractivity contribution in [2.24, 2.45) is 10.7 Å². The van der Waals surface area contributed by atoms with Crippen LogP contribution in [-0.2, 0) is 4.74 Å². The molecular formula is C10H11N3O. The lowest BCUT2D eigenvalue weighted by atomic mass is 10.2. The summed E-state index contributed by atoms with van der Waals surface area (Å²) in [6.07, 6.45) is 5.14. The van der Waals surface area contributed by atoms with E-state index in [4.69, 9.17) is 10.5 Å². The van der Waals surface area contributed by atoms with Crippen LogP contribution in [0.1, 0.15) is 5.56 Å². The van der Waals surface area contributed by atoms with E-state index in [9.17, 15) is 0 Å². The van der Waals surface area contributed by atoms with Crippen molar-refractivity contribution in [1.29, 1.82) is 0 Å². The molecule has 0 fully saturated rings. The van der Waals surface area contributed by atoms with Gasteiger partial charge in [0.25, 0.3) is 0 Å². The number of pyridine rings is 1. The number of hydrogen-bond acceptors (Lipinski definition) is 4. The molecule has 1 aromatic heterocycles. The lowest BCUT2D eigenvalue weighted by Gasteiger charge is -2.00. The highest BCUT2D eigenvalue weighted by molar-refractivity contribution is 5.95. The summed E-state index contributed by atoms with van der Waals surface area (Å²) in [5, 5.41) is 0. The van der Waals surface area contributed by atoms with Crippen molar-refractivity contribution >= 4 is 11.6 Å². The number of ether oxygens (including phenoxy) is 1. The van der Waals surface area contributed by atoms with Crippen molar-refractivity contribution in [3.05, 3.63) is 36.2 Å². The number of aliphatic imine (C=N–C) groups is 1. The molecular weight excluding hydrogens is 178 g/mol. The highest BCUT2D eigenvalue weighted by atomic mass is 16.5. The van der Waals surface area contributed by atoms with Crippen LogP contribution in [0.2, 0.25) is 0 Å². The number of nitrogens with zero attached hydrogens (tertiary/aromatic N) is 2. The molecule has 0 amide bonds. The summed E-state index contributed by atoms with van der Waals surface area (Å²) in [6.45, 7) is 1.37. The fourth-order valence-corrected chi connectivity index (χ4v) is 1.20. The molecule has 0 aromatic carbocycles. The summed E-state index contributed by atoms with van der Waals surface area (Å²) in [5.41, 5.74) is 7.42. The normalized spacial score (nSPS) is 16.3. The summed E-state index contributed by atoms with van der Waals surface area (Å²) >= 11 is 0. The molecule has 72 valence electrons. The van der Waals surface area contributed by atoms with Gasteiger partial charge in [0.1, 0.15) is 6.61 Å². The van der Waals surface area contributed by atoms with Gasteiger partial charge in [0.2, 0.25) is 5.90 Å². The van der Waals surface area contributed by atoms with E-state index in [0.29, 0.717) is 18.2 Å². The summed E-state index contributed by atoms with van der Waals surface area (Å²) < 4.78 is 5.22. The molecule has 2 N–H and O–H groups in total. The Bertz CT molecular complexity index is 370. The smallest absolute Gasteiger partial charge is 0.210 e. The first kappa shape index (κ1) is 8.74. The van der Waals surface area contributed by atoms with Crippen LogP contribution in [0.4, 0.5) is 0 Å². The minimum absolute atomic E-state index is 0.610. The van der Waals surface area contributed by atoms with Gasteiger partial charge in [0.05, 0.1) is 6.54 Å². The van der Waals surface area contributed by atoms with E-state index in [1.54, 1.807) is 18.5 Å². The van der Waals surface area contributed by atoms with Crippen LogP contribution in [0.15, 0.2) is 35.6 Å². The minimum atomic E-state index is 0.610. The SMILES string of the molecule is N/C(=C\C1=NCCO1)c1ccncc1. The van der Waals surface area contributed by atoms with Crippen LogP contribution in [0.3, 0.4) is 0 Å². The van der Waals surface area contributed by atoms with E-state index in [1.807, 2.05) is 12.1 Å². The lowest BCUT2D eigenvalue weighted by molar-refractivity contribution is 0.350. The van der Waals surface area contributed by atoms with Crippen molar-refractivity contribution in [3.63, 3.8) is 0 Å². The molecule has 1 aliphatic rings. The molecule has 0 saturated heterocycles. The molecule has 4 heteroatoms. The number of aromatic nitrogens is 1. The lowest BCUT2D eigenvalue weighted by Crippen LogP contribution is -2.02. The average molecular weight is 189 g/mol. The third kappa shape index (κ3) is 1.90. The number of hydrogen-bond donors (Lipinski definition) is 1. The molecule has 14 heavy (non-hydrogen) atoms. The maximum atomic E-state index is 5.85. The predicted octanol–water partition coefficient (Wildman–Crippen LogP) is 0.810. The molecule has 2 rings (SSSR count). The van der Waals surface area contributed by atoms with Crippen LogP contribution in [0.5, 0.6) is 0 Å². The van der Waals surface area contributed by atoms with Crippen molar-refractivity contribution < 1.29 is 4.74 Å². The topological polar surface area (TPSA) is 60.5 Å². The Morgan fingerprint density at radius 1 is 1.43 bits per heavy atom. The molecule has 0 aliphatic carbocycles. The second-order valence-corrected chi connectivity index (χ2v) is 2.90. The van der Waals surface area contributed by atoms with Gasteiger partial charge >= 0.3 is 0 Å². The third-order valence-electron chi connectivity index (χ3n) is 1.90. The molecule has 0 atom stereocenters. The zero-order valence-electron chi connectivity index (χ0n) is 7.68. The molecule has 0 saturated carbocycles. The quantitative estimate of drug-likeness (QED) is 0.748. The van der Waals surface area contributed by atoms with Gasteiger partial charge in [0, 0.05) is 29.7 Å². The second-order valence-electron chi connectivity index (χ2n) is 2.90. The molecule has 0 bridgehead atoms. The van der Waals surface area contributed by atoms with Crippen molar-refractivity contribution in [1.82, 2.24) is 4.98 Å². The molecule has 0 unspecified atom stereocenters. The molecule has 4 nitrogen and oxygen atoms in total. The monoisotopic (exact) mass is 189 g/mol. The van der Waals surface area contributed by atoms with Crippen LogP contribution >= 0.6 is 0 Å². The fourth-order valence-electron chi connectivity index (χ4n) is 1.20. The van der Waals surface area contributed by atoms with Crippen molar-refractivity contribution in [2.75, 3.05) is 13.2 Å². The maximum absolute atomic E-state index is 5.85. The van der Waals surface area contributed by atoms with Gasteiger partial charge in [0.15, 0.2) is 0 Å². The van der Waals surface area contributed by atoms with Gasteiger partial charge in [-0.1, -0.05) is 0 Å². The third-order valence-corrected chi connectivity index (χ3v) is 1.90. The Kier molecular flexibility index (Phi) is 2.44. The van der Waals surface area contributed by atoms with Crippen molar-refractivity contribution in [3.8, 4) is 0 Å². The van der Waals surface area contributed by atoms with E-state index in [1.165, 1.54) is 0 Å². The number of nitrogens with two attached hydrogens (primary N) is 1. The second kappa shape index (κ2) is 3.91. The van der Waals surface area contributed by atoms with E-state index < -0.39 is 0 Å². The van der Waals surface area contributed by atoms with Crippen LogP contribution in [0.25, 0.3) is 5.70 Å². The summed E-state index contributed by atoms with van der Waals surface area (Å²) in [6, 6.07) is 3.70. The standard InChI is InChI=1S/C10H11N3O/c11-9(7-10-13-5-6-14-10)8-1-3-12-4-2-8/h1-4,7H,5-6,11H2/b9-7-. The Morgan fingerprint density at radius 3 is 2.86 bits per heavy atom. The first-order valence-corrected chi connectivity index (χ1v) is 4.41. The van der Waals surface area contributed by atoms with Gasteiger partial charge in [-0.15, -0.1) is 0 Å². The van der Waals surface area contributed by atoms with E-state index in [0.717, 1.165) is 12.1 Å².